The Morgan fingerprint density at radius 1 is 1.05 bits per heavy atom. The number of rotatable bonds is 12. The first-order chi connectivity index (χ1) is 9.38. The highest BCUT2D eigenvalue weighted by atomic mass is 15.3. The molecule has 1 aromatic rings. The zero-order chi connectivity index (χ0) is 13.8. The summed E-state index contributed by atoms with van der Waals surface area (Å²) in [5.41, 5.74) is 1.05. The summed E-state index contributed by atoms with van der Waals surface area (Å²) in [6.07, 6.45) is 13.9. The van der Waals surface area contributed by atoms with E-state index < -0.39 is 0 Å². The van der Waals surface area contributed by atoms with Crippen molar-refractivity contribution in [2.45, 2.75) is 77.7 Å². The maximum Gasteiger partial charge on any atom is 0.0993 e. The number of hydrogen-bond donors (Lipinski definition) is 2. The predicted octanol–water partition coefficient (Wildman–Crippen LogP) is 3.99. The molecule has 0 saturated heterocycles. The van der Waals surface area contributed by atoms with Crippen LogP contribution in [-0.2, 0) is 0 Å². The lowest BCUT2D eigenvalue weighted by Crippen LogP contribution is -2.21. The summed E-state index contributed by atoms with van der Waals surface area (Å²) in [6.45, 7) is 5.39. The van der Waals surface area contributed by atoms with Crippen molar-refractivity contribution >= 4 is 0 Å². The van der Waals surface area contributed by atoms with Crippen molar-refractivity contribution in [3.63, 3.8) is 0 Å². The Morgan fingerprint density at radius 3 is 2.32 bits per heavy atom. The summed E-state index contributed by atoms with van der Waals surface area (Å²) in [5, 5.41) is 14.3. The molecule has 1 atom stereocenters. The Bertz CT molecular complexity index is 284. The van der Waals surface area contributed by atoms with Gasteiger partial charge in [0.15, 0.2) is 0 Å². The van der Waals surface area contributed by atoms with Crippen LogP contribution in [-0.4, -0.2) is 22.0 Å². The summed E-state index contributed by atoms with van der Waals surface area (Å²) in [7, 11) is 0. The first-order valence-electron chi connectivity index (χ1n) is 7.97. The van der Waals surface area contributed by atoms with Crippen LogP contribution < -0.4 is 5.32 Å². The molecule has 0 amide bonds. The molecule has 0 aromatic carbocycles. The van der Waals surface area contributed by atoms with Gasteiger partial charge in [0.25, 0.3) is 0 Å². The Balaban J connectivity index is 2.06. The zero-order valence-electron chi connectivity index (χ0n) is 12.6. The van der Waals surface area contributed by atoms with E-state index in [0.29, 0.717) is 6.04 Å². The summed E-state index contributed by atoms with van der Waals surface area (Å²) in [6, 6.07) is 0.365. The van der Waals surface area contributed by atoms with Crippen LogP contribution in [0.25, 0.3) is 0 Å². The van der Waals surface area contributed by atoms with Gasteiger partial charge in [-0.25, -0.2) is 0 Å². The van der Waals surface area contributed by atoms with Gasteiger partial charge in [-0.3, -0.25) is 0 Å². The molecule has 110 valence electrons. The van der Waals surface area contributed by atoms with Gasteiger partial charge >= 0.3 is 0 Å². The molecular weight excluding hydrogens is 236 g/mol. The van der Waals surface area contributed by atoms with Crippen LogP contribution in [0.1, 0.15) is 83.4 Å². The highest BCUT2D eigenvalue weighted by molar-refractivity contribution is 4.99. The molecule has 0 spiro atoms. The lowest BCUT2D eigenvalue weighted by molar-refractivity contribution is 0.466. The third-order valence-corrected chi connectivity index (χ3v) is 3.59. The van der Waals surface area contributed by atoms with Gasteiger partial charge in [0.2, 0.25) is 0 Å². The number of unbranched alkanes of at least 4 members (excludes halogenated alkanes) is 7. The zero-order valence-corrected chi connectivity index (χ0v) is 12.6. The second-order valence-corrected chi connectivity index (χ2v) is 5.27. The number of nitrogens with zero attached hydrogens (tertiary/aromatic N) is 2. The molecule has 1 aromatic heterocycles. The van der Waals surface area contributed by atoms with Gasteiger partial charge in [-0.15, -0.1) is 0 Å². The molecule has 2 N–H and O–H groups in total. The summed E-state index contributed by atoms with van der Waals surface area (Å²) < 4.78 is 0. The van der Waals surface area contributed by atoms with Gasteiger partial charge in [0.05, 0.1) is 17.9 Å². The molecule has 0 aliphatic carbocycles. The fraction of sp³-hybridized carbons (Fsp3) is 0.867. The normalized spacial score (nSPS) is 12.7. The highest BCUT2D eigenvalue weighted by Crippen LogP contribution is 2.18. The molecule has 4 nitrogen and oxygen atoms in total. The monoisotopic (exact) mass is 266 g/mol. The minimum atomic E-state index is 0.365. The molecule has 1 rings (SSSR count). The standard InChI is InChI=1S/C15H30N4/c1-3-5-6-7-8-9-10-11-12-14(16-4-2)15-13-17-19-18-15/h13-14,16H,3-12H2,1-2H3,(H,17,18,19). The Kier molecular flexibility index (Phi) is 9.33. The van der Waals surface area contributed by atoms with Crippen LogP contribution in [0.2, 0.25) is 0 Å². The van der Waals surface area contributed by atoms with Crippen LogP contribution in [0.5, 0.6) is 0 Å². The number of hydrogen-bond acceptors (Lipinski definition) is 3. The topological polar surface area (TPSA) is 53.6 Å². The van der Waals surface area contributed by atoms with E-state index in [4.69, 9.17) is 0 Å². The van der Waals surface area contributed by atoms with E-state index in [1.807, 2.05) is 6.20 Å². The summed E-state index contributed by atoms with van der Waals surface area (Å²) in [5.74, 6) is 0. The van der Waals surface area contributed by atoms with Crippen molar-refractivity contribution in [1.29, 1.82) is 0 Å². The molecule has 1 unspecified atom stereocenters. The number of aromatic amines is 1. The molecule has 1 heterocycles. The Morgan fingerprint density at radius 2 is 1.74 bits per heavy atom. The van der Waals surface area contributed by atoms with E-state index in [0.717, 1.165) is 18.7 Å². The first-order valence-corrected chi connectivity index (χ1v) is 7.97. The lowest BCUT2D eigenvalue weighted by Gasteiger charge is -2.14. The van der Waals surface area contributed by atoms with E-state index in [1.165, 1.54) is 51.4 Å². The fourth-order valence-corrected chi connectivity index (χ4v) is 2.46. The van der Waals surface area contributed by atoms with Crippen molar-refractivity contribution in [2.24, 2.45) is 0 Å². The van der Waals surface area contributed by atoms with Gasteiger partial charge in [-0.05, 0) is 13.0 Å². The van der Waals surface area contributed by atoms with Gasteiger partial charge < -0.3 is 5.32 Å². The smallest absolute Gasteiger partial charge is 0.0993 e. The van der Waals surface area contributed by atoms with E-state index >= 15 is 0 Å². The average Bonchev–Trinajstić information content (AvgIpc) is 2.94. The molecule has 0 aliphatic heterocycles. The second-order valence-electron chi connectivity index (χ2n) is 5.27. The van der Waals surface area contributed by atoms with Gasteiger partial charge in [-0.1, -0.05) is 65.2 Å². The minimum absolute atomic E-state index is 0.365. The predicted molar refractivity (Wildman–Crippen MR) is 80.0 cm³/mol. The summed E-state index contributed by atoms with van der Waals surface area (Å²) in [4.78, 5) is 0. The molecular formula is C15H30N4. The van der Waals surface area contributed by atoms with Crippen LogP contribution in [0.3, 0.4) is 0 Å². The van der Waals surface area contributed by atoms with Crippen molar-refractivity contribution in [3.8, 4) is 0 Å². The van der Waals surface area contributed by atoms with Crippen LogP contribution in [0.15, 0.2) is 6.20 Å². The molecule has 0 radical (unpaired) electrons. The van der Waals surface area contributed by atoms with E-state index in [9.17, 15) is 0 Å². The molecule has 0 aliphatic rings. The van der Waals surface area contributed by atoms with Gasteiger partial charge in [0, 0.05) is 0 Å². The minimum Gasteiger partial charge on any atom is -0.309 e. The number of H-pyrrole nitrogens is 1. The number of aromatic nitrogens is 3. The van der Waals surface area contributed by atoms with Crippen molar-refractivity contribution in [1.82, 2.24) is 20.7 Å². The maximum atomic E-state index is 4.19. The quantitative estimate of drug-likeness (QED) is 0.562. The van der Waals surface area contributed by atoms with E-state index in [-0.39, 0.29) is 0 Å². The van der Waals surface area contributed by atoms with Crippen molar-refractivity contribution in [2.75, 3.05) is 6.54 Å². The van der Waals surface area contributed by atoms with E-state index in [1.54, 1.807) is 0 Å². The van der Waals surface area contributed by atoms with Crippen molar-refractivity contribution in [3.05, 3.63) is 11.9 Å². The molecule has 4 heteroatoms. The third kappa shape index (κ3) is 7.31. The third-order valence-electron chi connectivity index (χ3n) is 3.59. The van der Waals surface area contributed by atoms with Crippen molar-refractivity contribution < 1.29 is 0 Å². The fourth-order valence-electron chi connectivity index (χ4n) is 2.46. The summed E-state index contributed by atoms with van der Waals surface area (Å²) >= 11 is 0. The SMILES string of the molecule is CCCCCCCCCCC(NCC)c1cn[nH]n1. The molecule has 19 heavy (non-hydrogen) atoms. The van der Waals surface area contributed by atoms with Gasteiger partial charge in [-0.2, -0.15) is 15.4 Å². The lowest BCUT2D eigenvalue weighted by atomic mass is 10.0. The average molecular weight is 266 g/mol. The Hall–Kier alpha value is -0.900. The molecule has 0 fully saturated rings. The van der Waals surface area contributed by atoms with Gasteiger partial charge in [0.1, 0.15) is 0 Å². The highest BCUT2D eigenvalue weighted by Gasteiger charge is 2.12. The largest absolute Gasteiger partial charge is 0.309 e. The van der Waals surface area contributed by atoms with Crippen LogP contribution in [0, 0.1) is 0 Å². The van der Waals surface area contributed by atoms with Crippen LogP contribution in [0.4, 0.5) is 0 Å². The van der Waals surface area contributed by atoms with Crippen LogP contribution >= 0.6 is 0 Å². The molecule has 0 saturated carbocycles. The second kappa shape index (κ2) is 11.0. The molecule has 0 bridgehead atoms. The maximum absolute atomic E-state index is 4.19. The Labute approximate surface area is 117 Å². The number of nitrogens with one attached hydrogen (secondary N) is 2. The van der Waals surface area contributed by atoms with E-state index in [2.05, 4.69) is 34.6 Å². The first kappa shape index (κ1) is 16.2.